The average Bonchev–Trinajstić information content (AvgIpc) is 3.31. The summed E-state index contributed by atoms with van der Waals surface area (Å²) in [7, 11) is 0. The number of nitrogens with zero attached hydrogens (tertiary/aromatic N) is 1. The molecule has 2 aliphatic rings. The molecular formula is C17H23ClN2O. The lowest BCUT2D eigenvalue weighted by molar-refractivity contribution is -0.140. The third-order valence-corrected chi connectivity index (χ3v) is 4.86. The van der Waals surface area contributed by atoms with Gasteiger partial charge in [-0.15, -0.1) is 0 Å². The Morgan fingerprint density at radius 1 is 1.33 bits per heavy atom. The van der Waals surface area contributed by atoms with E-state index in [-0.39, 0.29) is 11.4 Å². The molecule has 1 unspecified atom stereocenters. The first kappa shape index (κ1) is 14.9. The molecule has 4 heteroatoms. The predicted molar refractivity (Wildman–Crippen MR) is 85.3 cm³/mol. The number of amides is 1. The van der Waals surface area contributed by atoms with Crippen molar-refractivity contribution in [1.82, 2.24) is 10.2 Å². The summed E-state index contributed by atoms with van der Waals surface area (Å²) >= 11 is 5.94. The van der Waals surface area contributed by atoms with Gasteiger partial charge in [-0.3, -0.25) is 4.79 Å². The van der Waals surface area contributed by atoms with Crippen molar-refractivity contribution in [3.05, 3.63) is 34.9 Å². The molecule has 2 fully saturated rings. The largest absolute Gasteiger partial charge is 0.334 e. The number of benzene rings is 1. The van der Waals surface area contributed by atoms with Crippen LogP contribution in [0.2, 0.25) is 5.02 Å². The lowest BCUT2D eigenvalue weighted by atomic mass is 9.89. The van der Waals surface area contributed by atoms with E-state index >= 15 is 0 Å². The summed E-state index contributed by atoms with van der Waals surface area (Å²) in [4.78, 5) is 15.1. The van der Waals surface area contributed by atoms with Gasteiger partial charge in [0.05, 0.1) is 5.54 Å². The van der Waals surface area contributed by atoms with E-state index in [1.807, 2.05) is 24.3 Å². The molecule has 0 bridgehead atoms. The molecule has 0 spiro atoms. The fraction of sp³-hybridized carbons (Fsp3) is 0.588. The summed E-state index contributed by atoms with van der Waals surface area (Å²) in [5, 5.41) is 4.18. The second-order valence-corrected chi connectivity index (χ2v) is 6.94. The van der Waals surface area contributed by atoms with E-state index in [4.69, 9.17) is 11.6 Å². The molecule has 1 aromatic carbocycles. The zero-order valence-electron chi connectivity index (χ0n) is 12.6. The molecule has 114 valence electrons. The quantitative estimate of drug-likeness (QED) is 0.925. The minimum atomic E-state index is -0.382. The molecule has 1 N–H and O–H groups in total. The molecule has 3 nitrogen and oxygen atoms in total. The standard InChI is InChI=1S/C17H23ClN2O/c1-17(10-2-3-11-19-17)16(21)20(15-8-9-15)12-13-4-6-14(18)7-5-13/h4-7,15,19H,2-3,8-12H2,1H3. The molecule has 21 heavy (non-hydrogen) atoms. The van der Waals surface area contributed by atoms with Crippen LogP contribution in [-0.2, 0) is 11.3 Å². The normalized spacial score (nSPS) is 25.6. The van der Waals surface area contributed by atoms with Gasteiger partial charge in [-0.1, -0.05) is 23.7 Å². The number of carbonyl (C=O) groups is 1. The van der Waals surface area contributed by atoms with Crippen molar-refractivity contribution in [3.8, 4) is 0 Å². The topological polar surface area (TPSA) is 32.3 Å². The zero-order chi connectivity index (χ0) is 14.9. The molecule has 1 saturated carbocycles. The van der Waals surface area contributed by atoms with Crippen molar-refractivity contribution in [3.63, 3.8) is 0 Å². The highest BCUT2D eigenvalue weighted by Gasteiger charge is 2.42. The van der Waals surface area contributed by atoms with Gasteiger partial charge in [-0.25, -0.2) is 0 Å². The molecule has 1 aromatic rings. The van der Waals surface area contributed by atoms with Crippen LogP contribution in [0.15, 0.2) is 24.3 Å². The van der Waals surface area contributed by atoms with E-state index in [1.54, 1.807) is 0 Å². The summed E-state index contributed by atoms with van der Waals surface area (Å²) in [5.41, 5.74) is 0.770. The van der Waals surface area contributed by atoms with Crippen LogP contribution in [0.1, 0.15) is 44.6 Å². The van der Waals surface area contributed by atoms with E-state index in [1.165, 1.54) is 6.42 Å². The fourth-order valence-electron chi connectivity index (χ4n) is 3.10. The highest BCUT2D eigenvalue weighted by Crippen LogP contribution is 2.32. The fourth-order valence-corrected chi connectivity index (χ4v) is 3.22. The molecule has 1 atom stereocenters. The number of carbonyl (C=O) groups excluding carboxylic acids is 1. The highest BCUT2D eigenvalue weighted by molar-refractivity contribution is 6.30. The lowest BCUT2D eigenvalue weighted by Crippen LogP contribution is -2.58. The maximum absolute atomic E-state index is 13.0. The molecule has 1 aliphatic carbocycles. The van der Waals surface area contributed by atoms with Crippen molar-refractivity contribution < 1.29 is 4.79 Å². The summed E-state index contributed by atoms with van der Waals surface area (Å²) in [6, 6.07) is 8.25. The van der Waals surface area contributed by atoms with Crippen LogP contribution in [0.5, 0.6) is 0 Å². The molecule has 0 radical (unpaired) electrons. The van der Waals surface area contributed by atoms with Gasteiger partial charge in [0, 0.05) is 17.6 Å². The predicted octanol–water partition coefficient (Wildman–Crippen LogP) is 3.36. The van der Waals surface area contributed by atoms with Crippen LogP contribution in [0.25, 0.3) is 0 Å². The smallest absolute Gasteiger partial charge is 0.243 e. The van der Waals surface area contributed by atoms with Gasteiger partial charge < -0.3 is 10.2 Å². The number of halogens is 1. The number of piperidine rings is 1. The molecule has 0 aromatic heterocycles. The van der Waals surface area contributed by atoms with Gasteiger partial charge in [-0.05, 0) is 63.3 Å². The van der Waals surface area contributed by atoms with E-state index < -0.39 is 0 Å². The lowest BCUT2D eigenvalue weighted by Gasteiger charge is -2.38. The Morgan fingerprint density at radius 2 is 2.05 bits per heavy atom. The summed E-state index contributed by atoms with van der Waals surface area (Å²) in [6.45, 7) is 3.70. The molecule has 1 heterocycles. The molecule has 1 saturated heterocycles. The van der Waals surface area contributed by atoms with Gasteiger partial charge in [0.25, 0.3) is 0 Å². The van der Waals surface area contributed by atoms with Gasteiger partial charge in [0.15, 0.2) is 0 Å². The Labute approximate surface area is 131 Å². The van der Waals surface area contributed by atoms with Crippen LogP contribution >= 0.6 is 11.6 Å². The molecular weight excluding hydrogens is 284 g/mol. The first-order chi connectivity index (χ1) is 10.1. The van der Waals surface area contributed by atoms with Crippen molar-refractivity contribution in [2.45, 2.75) is 57.2 Å². The van der Waals surface area contributed by atoms with Gasteiger partial charge in [0.1, 0.15) is 0 Å². The van der Waals surface area contributed by atoms with Crippen molar-refractivity contribution in [2.75, 3.05) is 6.54 Å². The van der Waals surface area contributed by atoms with Crippen molar-refractivity contribution in [2.24, 2.45) is 0 Å². The molecule has 1 aliphatic heterocycles. The SMILES string of the molecule is CC1(C(=O)N(Cc2ccc(Cl)cc2)C2CC2)CCCCN1. The van der Waals surface area contributed by atoms with Gasteiger partial charge in [-0.2, -0.15) is 0 Å². The number of hydrogen-bond donors (Lipinski definition) is 1. The van der Waals surface area contributed by atoms with Crippen LogP contribution in [0, 0.1) is 0 Å². The minimum Gasteiger partial charge on any atom is -0.334 e. The maximum atomic E-state index is 13.0. The van der Waals surface area contributed by atoms with Crippen molar-refractivity contribution in [1.29, 1.82) is 0 Å². The number of hydrogen-bond acceptors (Lipinski definition) is 2. The Morgan fingerprint density at radius 3 is 2.62 bits per heavy atom. The Hall–Kier alpha value is -1.06. The summed E-state index contributed by atoms with van der Waals surface area (Å²) in [6.07, 6.45) is 5.51. The van der Waals surface area contributed by atoms with Crippen LogP contribution in [0.3, 0.4) is 0 Å². The maximum Gasteiger partial charge on any atom is 0.243 e. The first-order valence-electron chi connectivity index (χ1n) is 7.89. The Balaban J connectivity index is 1.74. The van der Waals surface area contributed by atoms with Crippen LogP contribution < -0.4 is 5.32 Å². The second-order valence-electron chi connectivity index (χ2n) is 6.51. The van der Waals surface area contributed by atoms with Crippen LogP contribution in [-0.4, -0.2) is 28.9 Å². The van der Waals surface area contributed by atoms with Crippen molar-refractivity contribution >= 4 is 17.5 Å². The molecule has 3 rings (SSSR count). The zero-order valence-corrected chi connectivity index (χ0v) is 13.3. The monoisotopic (exact) mass is 306 g/mol. The molecule has 1 amide bonds. The van der Waals surface area contributed by atoms with E-state index in [9.17, 15) is 4.79 Å². The number of nitrogens with one attached hydrogen (secondary N) is 1. The van der Waals surface area contributed by atoms with E-state index in [0.29, 0.717) is 12.6 Å². The first-order valence-corrected chi connectivity index (χ1v) is 8.27. The Kier molecular flexibility index (Phi) is 4.23. The summed E-state index contributed by atoms with van der Waals surface area (Å²) < 4.78 is 0. The van der Waals surface area contributed by atoms with Crippen LogP contribution in [0.4, 0.5) is 0 Å². The minimum absolute atomic E-state index is 0.264. The third-order valence-electron chi connectivity index (χ3n) is 4.61. The van der Waals surface area contributed by atoms with E-state index in [2.05, 4.69) is 17.1 Å². The van der Waals surface area contributed by atoms with Gasteiger partial charge in [0.2, 0.25) is 5.91 Å². The third kappa shape index (κ3) is 3.41. The summed E-state index contributed by atoms with van der Waals surface area (Å²) in [5.74, 6) is 0.264. The number of rotatable bonds is 4. The highest BCUT2D eigenvalue weighted by atomic mass is 35.5. The van der Waals surface area contributed by atoms with E-state index in [0.717, 1.165) is 42.8 Å². The Bertz CT molecular complexity index is 504. The van der Waals surface area contributed by atoms with Gasteiger partial charge >= 0.3 is 0 Å². The average molecular weight is 307 g/mol. The second kappa shape index (κ2) is 5.98.